The standard InChI is InChI=1S/C17H23ClO3/c1-10-4-5-13(11(2)17(20)21-7-6-18)8-15-12(3)16(19)9-14(10)15/h10,13-14H,2,4-9H2,1,3H3/t10-,13+,14-/m0/s1. The minimum Gasteiger partial charge on any atom is -0.461 e. The lowest BCUT2D eigenvalue weighted by molar-refractivity contribution is -0.139. The number of esters is 1. The van der Waals surface area contributed by atoms with E-state index in [9.17, 15) is 9.59 Å². The molecule has 0 spiro atoms. The Labute approximate surface area is 131 Å². The average molecular weight is 311 g/mol. The number of rotatable bonds is 4. The van der Waals surface area contributed by atoms with E-state index in [-0.39, 0.29) is 24.3 Å². The highest BCUT2D eigenvalue weighted by molar-refractivity contribution is 6.18. The molecular weight excluding hydrogens is 288 g/mol. The fraction of sp³-hybridized carbons (Fsp3) is 0.647. The number of Topliss-reactive ketones (excluding diaryl/α,β-unsaturated/α-hetero) is 1. The van der Waals surface area contributed by atoms with Crippen LogP contribution in [-0.2, 0) is 14.3 Å². The van der Waals surface area contributed by atoms with Crippen molar-refractivity contribution >= 4 is 23.4 Å². The first-order valence-corrected chi connectivity index (χ1v) is 8.13. The van der Waals surface area contributed by atoms with Crippen LogP contribution in [0, 0.1) is 17.8 Å². The van der Waals surface area contributed by atoms with E-state index in [1.165, 1.54) is 5.57 Å². The fourth-order valence-corrected chi connectivity index (χ4v) is 3.58. The Morgan fingerprint density at radius 1 is 1.38 bits per heavy atom. The van der Waals surface area contributed by atoms with Crippen LogP contribution in [0.2, 0.25) is 0 Å². The van der Waals surface area contributed by atoms with Gasteiger partial charge in [-0.25, -0.2) is 4.79 Å². The summed E-state index contributed by atoms with van der Waals surface area (Å²) < 4.78 is 5.08. The molecule has 0 unspecified atom stereocenters. The Bertz CT molecular complexity index is 492. The largest absolute Gasteiger partial charge is 0.461 e. The van der Waals surface area contributed by atoms with E-state index >= 15 is 0 Å². The number of ether oxygens (including phenoxy) is 1. The number of halogens is 1. The van der Waals surface area contributed by atoms with Gasteiger partial charge in [-0.2, -0.15) is 0 Å². The second kappa shape index (κ2) is 6.78. The first kappa shape index (κ1) is 16.3. The maximum Gasteiger partial charge on any atom is 0.333 e. The topological polar surface area (TPSA) is 43.4 Å². The molecule has 0 heterocycles. The maximum absolute atomic E-state index is 12.0. The van der Waals surface area contributed by atoms with E-state index < -0.39 is 0 Å². The summed E-state index contributed by atoms with van der Waals surface area (Å²) >= 11 is 5.54. The van der Waals surface area contributed by atoms with E-state index in [0.717, 1.165) is 24.8 Å². The van der Waals surface area contributed by atoms with Gasteiger partial charge in [0.15, 0.2) is 5.78 Å². The summed E-state index contributed by atoms with van der Waals surface area (Å²) in [7, 11) is 0. The van der Waals surface area contributed by atoms with E-state index in [0.29, 0.717) is 29.7 Å². The summed E-state index contributed by atoms with van der Waals surface area (Å²) in [5.74, 6) is 1.12. The third kappa shape index (κ3) is 3.39. The van der Waals surface area contributed by atoms with Crippen LogP contribution in [0.15, 0.2) is 23.3 Å². The zero-order chi connectivity index (χ0) is 15.6. The number of hydrogen-bond donors (Lipinski definition) is 0. The number of hydrogen-bond acceptors (Lipinski definition) is 3. The minimum atomic E-state index is -0.352. The summed E-state index contributed by atoms with van der Waals surface area (Å²) in [6, 6.07) is 0. The van der Waals surface area contributed by atoms with Gasteiger partial charge in [0.25, 0.3) is 0 Å². The van der Waals surface area contributed by atoms with Crippen LogP contribution in [0.4, 0.5) is 0 Å². The Hall–Kier alpha value is -1.09. The first-order chi connectivity index (χ1) is 9.95. The molecule has 0 N–H and O–H groups in total. The lowest BCUT2D eigenvalue weighted by atomic mass is 9.86. The van der Waals surface area contributed by atoms with Gasteiger partial charge in [0.2, 0.25) is 0 Å². The monoisotopic (exact) mass is 310 g/mol. The molecule has 21 heavy (non-hydrogen) atoms. The lowest BCUT2D eigenvalue weighted by Gasteiger charge is -2.18. The van der Waals surface area contributed by atoms with Crippen molar-refractivity contribution in [3.63, 3.8) is 0 Å². The molecule has 2 rings (SSSR count). The van der Waals surface area contributed by atoms with Crippen LogP contribution < -0.4 is 0 Å². The summed E-state index contributed by atoms with van der Waals surface area (Å²) in [6.45, 7) is 8.26. The molecule has 0 bridgehead atoms. The van der Waals surface area contributed by atoms with Crippen LogP contribution in [0.25, 0.3) is 0 Å². The molecule has 2 aliphatic rings. The van der Waals surface area contributed by atoms with Crippen LogP contribution in [-0.4, -0.2) is 24.2 Å². The zero-order valence-electron chi connectivity index (χ0n) is 12.8. The number of fused-ring (bicyclic) bond motifs is 1. The van der Waals surface area contributed by atoms with Crippen molar-refractivity contribution in [3.05, 3.63) is 23.3 Å². The normalized spacial score (nSPS) is 29.1. The molecule has 3 nitrogen and oxygen atoms in total. The summed E-state index contributed by atoms with van der Waals surface area (Å²) in [5, 5.41) is 0. The molecule has 116 valence electrons. The predicted octanol–water partition coefficient (Wildman–Crippen LogP) is 3.67. The molecule has 1 fully saturated rings. The Kier molecular flexibility index (Phi) is 5.26. The van der Waals surface area contributed by atoms with E-state index in [1.807, 2.05) is 6.92 Å². The molecule has 4 heteroatoms. The third-order valence-electron chi connectivity index (χ3n) is 4.94. The van der Waals surface area contributed by atoms with Crippen molar-refractivity contribution in [2.24, 2.45) is 17.8 Å². The Balaban J connectivity index is 2.14. The SMILES string of the molecule is C=C(C(=O)OCCCl)[C@@H]1CC[C@H](C)[C@@H]2CC(=O)C(C)=C2C1. The van der Waals surface area contributed by atoms with Crippen molar-refractivity contribution in [2.75, 3.05) is 12.5 Å². The van der Waals surface area contributed by atoms with Crippen molar-refractivity contribution < 1.29 is 14.3 Å². The molecular formula is C17H23ClO3. The van der Waals surface area contributed by atoms with Crippen LogP contribution in [0.5, 0.6) is 0 Å². The molecule has 3 atom stereocenters. The summed E-state index contributed by atoms with van der Waals surface area (Å²) in [5.41, 5.74) is 2.66. The van der Waals surface area contributed by atoms with Gasteiger partial charge in [-0.1, -0.05) is 19.1 Å². The predicted molar refractivity (Wildman–Crippen MR) is 83.1 cm³/mol. The fourth-order valence-electron chi connectivity index (χ4n) is 3.50. The van der Waals surface area contributed by atoms with Gasteiger partial charge < -0.3 is 4.74 Å². The number of carbonyl (C=O) groups excluding carboxylic acids is 2. The number of alkyl halides is 1. The highest BCUT2D eigenvalue weighted by Crippen LogP contribution is 2.45. The molecule has 0 aromatic carbocycles. The van der Waals surface area contributed by atoms with Crippen LogP contribution in [0.1, 0.15) is 39.5 Å². The zero-order valence-corrected chi connectivity index (χ0v) is 13.5. The van der Waals surface area contributed by atoms with Gasteiger partial charge in [0.05, 0.1) is 5.88 Å². The van der Waals surface area contributed by atoms with Gasteiger partial charge >= 0.3 is 5.97 Å². The average Bonchev–Trinajstić information content (AvgIpc) is 2.65. The molecule has 0 saturated heterocycles. The maximum atomic E-state index is 12.0. The van der Waals surface area contributed by atoms with Crippen molar-refractivity contribution in [3.8, 4) is 0 Å². The first-order valence-electron chi connectivity index (χ1n) is 7.60. The van der Waals surface area contributed by atoms with Gasteiger partial charge in [0.1, 0.15) is 6.61 Å². The molecule has 0 amide bonds. The summed E-state index contributed by atoms with van der Waals surface area (Å²) in [4.78, 5) is 23.9. The molecule has 0 aromatic heterocycles. The van der Waals surface area contributed by atoms with Crippen molar-refractivity contribution in [2.45, 2.75) is 39.5 Å². The van der Waals surface area contributed by atoms with Gasteiger partial charge in [-0.15, -0.1) is 11.6 Å². The Morgan fingerprint density at radius 2 is 2.10 bits per heavy atom. The van der Waals surface area contributed by atoms with Crippen molar-refractivity contribution in [1.29, 1.82) is 0 Å². The lowest BCUT2D eigenvalue weighted by Crippen LogP contribution is -2.16. The van der Waals surface area contributed by atoms with Crippen LogP contribution in [0.3, 0.4) is 0 Å². The van der Waals surface area contributed by atoms with Crippen molar-refractivity contribution in [1.82, 2.24) is 0 Å². The van der Waals surface area contributed by atoms with E-state index in [2.05, 4.69) is 13.5 Å². The molecule has 0 radical (unpaired) electrons. The van der Waals surface area contributed by atoms with E-state index in [4.69, 9.17) is 16.3 Å². The van der Waals surface area contributed by atoms with Gasteiger partial charge in [-0.3, -0.25) is 4.79 Å². The highest BCUT2D eigenvalue weighted by Gasteiger charge is 2.38. The second-order valence-corrected chi connectivity index (χ2v) is 6.57. The number of allylic oxidation sites excluding steroid dienone is 2. The number of ketones is 1. The molecule has 2 aliphatic carbocycles. The highest BCUT2D eigenvalue weighted by atomic mass is 35.5. The van der Waals surface area contributed by atoms with E-state index in [1.54, 1.807) is 0 Å². The molecule has 0 aromatic rings. The van der Waals surface area contributed by atoms with Gasteiger partial charge in [-0.05, 0) is 49.5 Å². The molecule has 1 saturated carbocycles. The van der Waals surface area contributed by atoms with Crippen LogP contribution >= 0.6 is 11.6 Å². The number of carbonyl (C=O) groups is 2. The summed E-state index contributed by atoms with van der Waals surface area (Å²) in [6.07, 6.45) is 3.35. The quantitative estimate of drug-likeness (QED) is 0.452. The second-order valence-electron chi connectivity index (χ2n) is 6.19. The molecule has 0 aliphatic heterocycles. The Morgan fingerprint density at radius 3 is 2.76 bits per heavy atom. The minimum absolute atomic E-state index is 0.0797. The smallest absolute Gasteiger partial charge is 0.333 e. The third-order valence-corrected chi connectivity index (χ3v) is 5.10. The van der Waals surface area contributed by atoms with Gasteiger partial charge in [0, 0.05) is 12.0 Å².